The second-order valence-electron chi connectivity index (χ2n) is 6.17. The van der Waals surface area contributed by atoms with Crippen LogP contribution < -0.4 is 10.1 Å². The third kappa shape index (κ3) is 5.01. The summed E-state index contributed by atoms with van der Waals surface area (Å²) in [6.45, 7) is 3.90. The van der Waals surface area contributed by atoms with Crippen molar-refractivity contribution in [3.8, 4) is 16.9 Å². The molecular formula is C21H21F2N2OP. The van der Waals surface area contributed by atoms with Gasteiger partial charge in [-0.2, -0.15) is 8.78 Å². The third-order valence-electron chi connectivity index (χ3n) is 4.25. The number of aliphatic imine (C=N–C) groups is 1. The number of ether oxygens (including phenoxy) is 1. The van der Waals surface area contributed by atoms with Crippen LogP contribution >= 0.6 is 9.24 Å². The minimum Gasteiger partial charge on any atom is -0.471 e. The molecule has 2 aromatic carbocycles. The SMILES string of the molecule is C=Nc1cc(-c2cccc(C(F)(F)P)c2)ccc1OCNC1=CC=CCC1. The molecule has 1 N–H and O–H groups in total. The largest absolute Gasteiger partial charge is 0.471 e. The summed E-state index contributed by atoms with van der Waals surface area (Å²) in [6, 6.07) is 11.7. The first-order valence-corrected chi connectivity index (χ1v) is 9.16. The Morgan fingerprint density at radius 2 is 2.00 bits per heavy atom. The Balaban J connectivity index is 1.75. The quantitative estimate of drug-likeness (QED) is 0.372. The number of nitrogens with zero attached hydrogens (tertiary/aromatic N) is 1. The van der Waals surface area contributed by atoms with E-state index in [1.54, 1.807) is 33.5 Å². The van der Waals surface area contributed by atoms with Crippen LogP contribution in [-0.2, 0) is 5.66 Å². The van der Waals surface area contributed by atoms with Gasteiger partial charge in [-0.15, -0.1) is 0 Å². The molecule has 0 radical (unpaired) electrons. The molecule has 0 fully saturated rings. The van der Waals surface area contributed by atoms with Crippen LogP contribution in [0, 0.1) is 0 Å². The van der Waals surface area contributed by atoms with Gasteiger partial charge < -0.3 is 10.1 Å². The molecule has 0 amide bonds. The minimum absolute atomic E-state index is 0.0579. The van der Waals surface area contributed by atoms with Crippen LogP contribution in [0.5, 0.6) is 5.75 Å². The van der Waals surface area contributed by atoms with Gasteiger partial charge in [0.05, 0.1) is 0 Å². The van der Waals surface area contributed by atoms with Crippen LogP contribution in [-0.4, -0.2) is 13.4 Å². The molecule has 1 unspecified atom stereocenters. The first-order valence-electron chi connectivity index (χ1n) is 8.58. The van der Waals surface area contributed by atoms with E-state index in [2.05, 4.69) is 23.1 Å². The Morgan fingerprint density at radius 1 is 1.19 bits per heavy atom. The van der Waals surface area contributed by atoms with Gasteiger partial charge in [-0.05, 0) is 55.0 Å². The fourth-order valence-corrected chi connectivity index (χ4v) is 2.98. The lowest BCUT2D eigenvalue weighted by Gasteiger charge is -2.15. The summed E-state index contributed by atoms with van der Waals surface area (Å²) in [7, 11) is 1.56. The summed E-state index contributed by atoms with van der Waals surface area (Å²) in [5.74, 6) is 0.584. The Bertz CT molecular complexity index is 888. The summed E-state index contributed by atoms with van der Waals surface area (Å²) in [5.41, 5.74) is 0.120. The van der Waals surface area contributed by atoms with Gasteiger partial charge in [0.1, 0.15) is 11.4 Å². The molecule has 2 aromatic rings. The smallest absolute Gasteiger partial charge is 0.283 e. The Hall–Kier alpha value is -2.52. The normalized spacial score (nSPS) is 13.8. The van der Waals surface area contributed by atoms with Crippen molar-refractivity contribution >= 4 is 21.6 Å². The van der Waals surface area contributed by atoms with Crippen molar-refractivity contribution in [2.24, 2.45) is 4.99 Å². The standard InChI is InChI=1S/C21H21F2N2OP/c1-24-19-13-16(15-6-5-7-17(12-15)21(22,23)27)10-11-20(19)26-14-25-18-8-3-2-4-9-18/h2-3,5-8,10-13,25H,1,4,9,14,27H2. The Morgan fingerprint density at radius 3 is 2.70 bits per heavy atom. The summed E-state index contributed by atoms with van der Waals surface area (Å²) in [4.78, 5) is 4.01. The van der Waals surface area contributed by atoms with E-state index < -0.39 is 5.66 Å². The topological polar surface area (TPSA) is 33.6 Å². The number of nitrogens with one attached hydrogen (secondary N) is 1. The fourth-order valence-electron chi connectivity index (χ4n) is 2.81. The average Bonchev–Trinajstić information content (AvgIpc) is 2.68. The molecule has 0 heterocycles. The van der Waals surface area contributed by atoms with Crippen molar-refractivity contribution in [1.29, 1.82) is 0 Å². The fraction of sp³-hybridized carbons (Fsp3) is 0.190. The van der Waals surface area contributed by atoms with E-state index >= 15 is 0 Å². The molecule has 3 nitrogen and oxygen atoms in total. The summed E-state index contributed by atoms with van der Waals surface area (Å²) >= 11 is 0. The zero-order chi connectivity index (χ0) is 19.3. The van der Waals surface area contributed by atoms with E-state index in [0.29, 0.717) is 23.7 Å². The molecule has 6 heteroatoms. The molecule has 0 aromatic heterocycles. The van der Waals surface area contributed by atoms with Gasteiger partial charge in [0, 0.05) is 11.3 Å². The van der Waals surface area contributed by atoms with Crippen LogP contribution in [0.4, 0.5) is 14.5 Å². The predicted molar refractivity (Wildman–Crippen MR) is 110 cm³/mol. The molecule has 1 aliphatic rings. The number of hydrogen-bond donors (Lipinski definition) is 1. The Labute approximate surface area is 160 Å². The lowest BCUT2D eigenvalue weighted by Crippen LogP contribution is -2.20. The van der Waals surface area contributed by atoms with Gasteiger partial charge in [-0.25, -0.2) is 0 Å². The van der Waals surface area contributed by atoms with Crippen LogP contribution in [0.1, 0.15) is 18.4 Å². The van der Waals surface area contributed by atoms with Crippen LogP contribution in [0.15, 0.2) is 71.4 Å². The van der Waals surface area contributed by atoms with Gasteiger partial charge in [0.2, 0.25) is 0 Å². The van der Waals surface area contributed by atoms with Crippen molar-refractivity contribution < 1.29 is 13.5 Å². The highest BCUT2D eigenvalue weighted by molar-refractivity contribution is 7.17. The summed E-state index contributed by atoms with van der Waals surface area (Å²) in [5, 5.41) is 3.23. The molecule has 1 atom stereocenters. The second-order valence-corrected chi connectivity index (χ2v) is 6.89. The lowest BCUT2D eigenvalue weighted by molar-refractivity contribution is 0.104. The number of benzene rings is 2. The number of rotatable bonds is 7. The van der Waals surface area contributed by atoms with E-state index in [4.69, 9.17) is 4.74 Å². The van der Waals surface area contributed by atoms with Crippen LogP contribution in [0.25, 0.3) is 11.1 Å². The van der Waals surface area contributed by atoms with Gasteiger partial charge >= 0.3 is 0 Å². The molecule has 3 rings (SSSR count). The molecule has 0 bridgehead atoms. The lowest BCUT2D eigenvalue weighted by atomic mass is 10.0. The molecule has 0 aliphatic heterocycles. The van der Waals surface area contributed by atoms with Gasteiger partial charge in [0.15, 0.2) is 6.73 Å². The molecule has 27 heavy (non-hydrogen) atoms. The molecule has 0 saturated carbocycles. The van der Waals surface area contributed by atoms with E-state index in [0.717, 1.165) is 24.1 Å². The van der Waals surface area contributed by atoms with Crippen molar-refractivity contribution in [2.45, 2.75) is 18.5 Å². The molecular weight excluding hydrogens is 365 g/mol. The second kappa shape index (κ2) is 8.45. The first-order chi connectivity index (χ1) is 13.0. The molecule has 1 aliphatic carbocycles. The highest BCUT2D eigenvalue weighted by Crippen LogP contribution is 2.38. The van der Waals surface area contributed by atoms with Crippen molar-refractivity contribution in [3.05, 3.63) is 72.0 Å². The maximum absolute atomic E-state index is 13.6. The van der Waals surface area contributed by atoms with Crippen molar-refractivity contribution in [1.82, 2.24) is 5.32 Å². The van der Waals surface area contributed by atoms with Crippen molar-refractivity contribution in [2.75, 3.05) is 6.73 Å². The van der Waals surface area contributed by atoms with Gasteiger partial charge in [-0.3, -0.25) is 4.99 Å². The van der Waals surface area contributed by atoms with Crippen molar-refractivity contribution in [3.63, 3.8) is 0 Å². The van der Waals surface area contributed by atoms with Crippen LogP contribution in [0.3, 0.4) is 0 Å². The van der Waals surface area contributed by atoms with E-state index in [1.165, 1.54) is 12.1 Å². The monoisotopic (exact) mass is 386 g/mol. The maximum Gasteiger partial charge on any atom is 0.283 e. The molecule has 140 valence electrons. The Kier molecular flexibility index (Phi) is 6.02. The van der Waals surface area contributed by atoms with E-state index in [9.17, 15) is 8.78 Å². The summed E-state index contributed by atoms with van der Waals surface area (Å²) in [6.07, 6.45) is 8.14. The zero-order valence-corrected chi connectivity index (χ0v) is 15.9. The van der Waals surface area contributed by atoms with Gasteiger partial charge in [0.25, 0.3) is 5.66 Å². The van der Waals surface area contributed by atoms with E-state index in [1.807, 2.05) is 18.2 Å². The number of allylic oxidation sites excluding steroid dienone is 4. The summed E-state index contributed by atoms with van der Waals surface area (Å²) < 4.78 is 32.9. The zero-order valence-electron chi connectivity index (χ0n) is 14.8. The number of alkyl halides is 2. The highest BCUT2D eigenvalue weighted by atomic mass is 31.0. The highest BCUT2D eigenvalue weighted by Gasteiger charge is 2.24. The molecule has 0 spiro atoms. The maximum atomic E-state index is 13.6. The van der Waals surface area contributed by atoms with Crippen LogP contribution in [0.2, 0.25) is 0 Å². The first kappa shape index (κ1) is 19.2. The number of halogens is 2. The van der Waals surface area contributed by atoms with Gasteiger partial charge in [-0.1, -0.05) is 45.7 Å². The average molecular weight is 386 g/mol. The third-order valence-corrected chi connectivity index (χ3v) is 4.58. The minimum atomic E-state index is -2.97. The molecule has 0 saturated heterocycles. The van der Waals surface area contributed by atoms with E-state index in [-0.39, 0.29) is 5.56 Å². The number of hydrogen-bond acceptors (Lipinski definition) is 3. The predicted octanol–water partition coefficient (Wildman–Crippen LogP) is 5.77.